The Balaban J connectivity index is 2.35. The molecular formula is C14H13NO3. The van der Waals surface area contributed by atoms with Gasteiger partial charge in [0.25, 0.3) is 0 Å². The molecule has 3 N–H and O–H groups in total. The van der Waals surface area contributed by atoms with E-state index >= 15 is 0 Å². The Morgan fingerprint density at radius 2 is 2.11 bits per heavy atom. The molecule has 1 heterocycles. The highest BCUT2D eigenvalue weighted by molar-refractivity contribution is 5.84. The fourth-order valence-corrected chi connectivity index (χ4v) is 1.65. The summed E-state index contributed by atoms with van der Waals surface area (Å²) in [6.07, 6.45) is 2.45. The second-order valence-corrected chi connectivity index (χ2v) is 3.95. The lowest BCUT2D eigenvalue weighted by atomic mass is 10.1. The number of hydrogen-bond acceptors (Lipinski definition) is 3. The zero-order valence-corrected chi connectivity index (χ0v) is 9.88. The molecule has 0 aliphatic heterocycles. The van der Waals surface area contributed by atoms with Gasteiger partial charge in [-0.2, -0.15) is 0 Å². The van der Waals surface area contributed by atoms with Crippen LogP contribution in [0.5, 0.6) is 0 Å². The van der Waals surface area contributed by atoms with Crippen molar-refractivity contribution >= 4 is 17.7 Å². The van der Waals surface area contributed by atoms with Crippen molar-refractivity contribution in [1.29, 1.82) is 0 Å². The number of carbonyl (C=O) groups is 1. The molecule has 0 aliphatic rings. The van der Waals surface area contributed by atoms with E-state index in [1.807, 2.05) is 25.1 Å². The molecule has 2 aromatic rings. The number of hydrogen-bond donors (Lipinski definition) is 2. The van der Waals surface area contributed by atoms with E-state index in [9.17, 15) is 4.79 Å². The van der Waals surface area contributed by atoms with Crippen LogP contribution in [0.25, 0.3) is 17.4 Å². The van der Waals surface area contributed by atoms with Crippen molar-refractivity contribution in [1.82, 2.24) is 0 Å². The normalized spacial score (nSPS) is 10.9. The monoisotopic (exact) mass is 243 g/mol. The molecule has 2 rings (SSSR count). The molecule has 4 nitrogen and oxygen atoms in total. The third-order valence-electron chi connectivity index (χ3n) is 2.54. The molecule has 0 unspecified atom stereocenters. The Kier molecular flexibility index (Phi) is 3.19. The second kappa shape index (κ2) is 4.79. The Bertz CT molecular complexity index is 611. The minimum Gasteiger partial charge on any atom is -0.478 e. The first-order chi connectivity index (χ1) is 8.56. The number of benzene rings is 1. The van der Waals surface area contributed by atoms with Gasteiger partial charge in [-0.3, -0.25) is 0 Å². The van der Waals surface area contributed by atoms with Crippen LogP contribution < -0.4 is 5.73 Å². The maximum Gasteiger partial charge on any atom is 0.328 e. The number of furan rings is 1. The highest BCUT2D eigenvalue weighted by Gasteiger charge is 2.07. The fourth-order valence-electron chi connectivity index (χ4n) is 1.65. The van der Waals surface area contributed by atoms with Gasteiger partial charge >= 0.3 is 5.97 Å². The van der Waals surface area contributed by atoms with Crippen LogP contribution in [0.2, 0.25) is 0 Å². The molecule has 0 radical (unpaired) electrons. The SMILES string of the molecule is Cc1ccc(N)cc1-c1ccc(/C=C/C(=O)O)o1. The molecule has 0 bridgehead atoms. The van der Waals surface area contributed by atoms with Crippen LogP contribution in [0, 0.1) is 6.92 Å². The summed E-state index contributed by atoms with van der Waals surface area (Å²) in [4.78, 5) is 10.4. The van der Waals surface area contributed by atoms with Gasteiger partial charge in [-0.25, -0.2) is 4.79 Å². The number of anilines is 1. The summed E-state index contributed by atoms with van der Waals surface area (Å²) in [5.74, 6) is 0.159. The standard InChI is InChI=1S/C14H13NO3/c1-9-2-3-10(15)8-12(9)13-6-4-11(18-13)5-7-14(16)17/h2-8H,15H2,1H3,(H,16,17)/b7-5+. The Labute approximate surface area is 104 Å². The first-order valence-corrected chi connectivity index (χ1v) is 5.43. The van der Waals surface area contributed by atoms with Crippen LogP contribution in [-0.2, 0) is 4.79 Å². The Morgan fingerprint density at radius 1 is 1.33 bits per heavy atom. The van der Waals surface area contributed by atoms with Crippen molar-refractivity contribution in [2.24, 2.45) is 0 Å². The molecule has 1 aromatic heterocycles. The zero-order valence-electron chi connectivity index (χ0n) is 9.88. The second-order valence-electron chi connectivity index (χ2n) is 3.95. The lowest BCUT2D eigenvalue weighted by molar-refractivity contribution is -0.131. The molecule has 0 fully saturated rings. The quantitative estimate of drug-likeness (QED) is 0.641. The fraction of sp³-hybridized carbons (Fsp3) is 0.0714. The van der Waals surface area contributed by atoms with Crippen LogP contribution in [-0.4, -0.2) is 11.1 Å². The molecule has 0 spiro atoms. The number of aryl methyl sites for hydroxylation is 1. The Hall–Kier alpha value is -2.49. The van der Waals surface area contributed by atoms with Gasteiger partial charge in [-0.1, -0.05) is 6.07 Å². The van der Waals surface area contributed by atoms with E-state index in [1.54, 1.807) is 12.1 Å². The number of aliphatic carboxylic acids is 1. The zero-order chi connectivity index (χ0) is 13.1. The smallest absolute Gasteiger partial charge is 0.328 e. The molecule has 1 aromatic carbocycles. The average Bonchev–Trinajstić information content (AvgIpc) is 2.78. The number of carboxylic acids is 1. The van der Waals surface area contributed by atoms with E-state index < -0.39 is 5.97 Å². The highest BCUT2D eigenvalue weighted by Crippen LogP contribution is 2.27. The summed E-state index contributed by atoms with van der Waals surface area (Å²) in [6, 6.07) is 9.09. The first kappa shape index (κ1) is 12.0. The van der Waals surface area contributed by atoms with E-state index in [-0.39, 0.29) is 0 Å². The van der Waals surface area contributed by atoms with Gasteiger partial charge in [0.05, 0.1) is 0 Å². The van der Waals surface area contributed by atoms with Crippen molar-refractivity contribution in [2.75, 3.05) is 5.73 Å². The van der Waals surface area contributed by atoms with Crippen LogP contribution >= 0.6 is 0 Å². The van der Waals surface area contributed by atoms with Gasteiger partial charge in [0.2, 0.25) is 0 Å². The molecule has 4 heteroatoms. The number of nitrogens with two attached hydrogens (primary N) is 1. The van der Waals surface area contributed by atoms with Crippen molar-refractivity contribution in [3.63, 3.8) is 0 Å². The third-order valence-corrected chi connectivity index (χ3v) is 2.54. The maximum atomic E-state index is 10.4. The van der Waals surface area contributed by atoms with Crippen LogP contribution in [0.15, 0.2) is 40.8 Å². The van der Waals surface area contributed by atoms with Crippen molar-refractivity contribution in [3.05, 3.63) is 47.7 Å². The van der Waals surface area contributed by atoms with Gasteiger partial charge in [0, 0.05) is 17.3 Å². The topological polar surface area (TPSA) is 76.5 Å². The summed E-state index contributed by atoms with van der Waals surface area (Å²) in [5.41, 5.74) is 8.35. The number of nitrogen functional groups attached to an aromatic ring is 1. The predicted molar refractivity (Wildman–Crippen MR) is 70.0 cm³/mol. The summed E-state index contributed by atoms with van der Waals surface area (Å²) < 4.78 is 5.55. The summed E-state index contributed by atoms with van der Waals surface area (Å²) in [6.45, 7) is 1.96. The minimum absolute atomic E-state index is 0.495. The third kappa shape index (κ3) is 2.60. The average molecular weight is 243 g/mol. The molecule has 92 valence electrons. The molecule has 0 atom stereocenters. The summed E-state index contributed by atoms with van der Waals surface area (Å²) >= 11 is 0. The predicted octanol–water partition coefficient (Wildman–Crippen LogP) is 2.94. The van der Waals surface area contributed by atoms with Gasteiger partial charge in [-0.05, 0) is 42.8 Å². The van der Waals surface area contributed by atoms with Crippen molar-refractivity contribution in [3.8, 4) is 11.3 Å². The van der Waals surface area contributed by atoms with E-state index in [0.29, 0.717) is 17.2 Å². The van der Waals surface area contributed by atoms with Crippen molar-refractivity contribution < 1.29 is 14.3 Å². The first-order valence-electron chi connectivity index (χ1n) is 5.43. The van der Waals surface area contributed by atoms with Crippen LogP contribution in [0.1, 0.15) is 11.3 Å². The van der Waals surface area contributed by atoms with Gasteiger partial charge in [0.15, 0.2) is 0 Å². The molecule has 18 heavy (non-hydrogen) atoms. The van der Waals surface area contributed by atoms with Crippen LogP contribution in [0.4, 0.5) is 5.69 Å². The van der Waals surface area contributed by atoms with Crippen molar-refractivity contribution in [2.45, 2.75) is 6.92 Å². The van der Waals surface area contributed by atoms with E-state index in [4.69, 9.17) is 15.3 Å². The maximum absolute atomic E-state index is 10.4. The lowest BCUT2D eigenvalue weighted by Gasteiger charge is -2.03. The number of carboxylic acid groups (broad SMARTS) is 1. The minimum atomic E-state index is -1.01. The largest absolute Gasteiger partial charge is 0.478 e. The van der Waals surface area contributed by atoms with E-state index in [0.717, 1.165) is 17.2 Å². The lowest BCUT2D eigenvalue weighted by Crippen LogP contribution is -1.87. The molecule has 0 saturated heterocycles. The molecular weight excluding hydrogens is 230 g/mol. The van der Waals surface area contributed by atoms with E-state index in [1.165, 1.54) is 6.08 Å². The van der Waals surface area contributed by atoms with Gasteiger partial charge < -0.3 is 15.3 Å². The van der Waals surface area contributed by atoms with Gasteiger partial charge in [0.1, 0.15) is 11.5 Å². The summed E-state index contributed by atoms with van der Waals surface area (Å²) in [7, 11) is 0. The van der Waals surface area contributed by atoms with E-state index in [2.05, 4.69) is 0 Å². The molecule has 0 saturated carbocycles. The number of rotatable bonds is 3. The molecule has 0 aliphatic carbocycles. The Morgan fingerprint density at radius 3 is 2.83 bits per heavy atom. The molecule has 0 amide bonds. The summed E-state index contributed by atoms with van der Waals surface area (Å²) in [5, 5.41) is 8.53. The van der Waals surface area contributed by atoms with Crippen LogP contribution in [0.3, 0.4) is 0 Å². The highest BCUT2D eigenvalue weighted by atomic mass is 16.4. The van der Waals surface area contributed by atoms with Gasteiger partial charge in [-0.15, -0.1) is 0 Å².